The van der Waals surface area contributed by atoms with E-state index in [1.807, 2.05) is 0 Å². The van der Waals surface area contributed by atoms with Gasteiger partial charge in [0.2, 0.25) is 0 Å². The minimum absolute atomic E-state index is 0.270. The number of hydrogen-bond donors (Lipinski definition) is 1. The molecule has 0 saturated carbocycles. The lowest BCUT2D eigenvalue weighted by atomic mass is 9.86. The van der Waals surface area contributed by atoms with Crippen LogP contribution in [0.4, 0.5) is 13.2 Å². The molecule has 0 fully saturated rings. The van der Waals surface area contributed by atoms with Gasteiger partial charge in [0.15, 0.2) is 0 Å². The number of carbonyl (C=O) groups is 1. The first-order valence-corrected chi connectivity index (χ1v) is 9.42. The van der Waals surface area contributed by atoms with Gasteiger partial charge in [0.05, 0.1) is 22.3 Å². The van der Waals surface area contributed by atoms with Crippen molar-refractivity contribution in [3.05, 3.63) is 34.1 Å². The second kappa shape index (κ2) is 7.75. The number of esters is 1. The molecule has 2 unspecified atom stereocenters. The Labute approximate surface area is 156 Å². The molecule has 1 rings (SSSR count). The van der Waals surface area contributed by atoms with Gasteiger partial charge < -0.3 is 4.74 Å². The number of rotatable bonds is 6. The van der Waals surface area contributed by atoms with Gasteiger partial charge in [-0.15, -0.1) is 0 Å². The fourth-order valence-electron chi connectivity index (χ4n) is 1.93. The molecule has 1 aromatic carbocycles. The largest absolute Gasteiger partial charge is 0.461 e. The van der Waals surface area contributed by atoms with Crippen molar-refractivity contribution in [2.24, 2.45) is 0 Å². The summed E-state index contributed by atoms with van der Waals surface area (Å²) in [5.41, 5.74) is -3.09. The van der Waals surface area contributed by atoms with E-state index >= 15 is 0 Å². The number of alkyl halides is 2. The Morgan fingerprint density at radius 2 is 1.84 bits per heavy atom. The van der Waals surface area contributed by atoms with Gasteiger partial charge in [0, 0.05) is 10.0 Å². The third kappa shape index (κ3) is 4.62. The molecule has 0 aliphatic heterocycles. The van der Waals surface area contributed by atoms with Crippen LogP contribution in [0.25, 0.3) is 0 Å². The first kappa shape index (κ1) is 22.1. The Balaban J connectivity index is 3.58. The Kier molecular flexibility index (Phi) is 6.86. The van der Waals surface area contributed by atoms with Crippen molar-refractivity contribution in [3.8, 4) is 0 Å². The summed E-state index contributed by atoms with van der Waals surface area (Å²) in [7, 11) is -2.01. The van der Waals surface area contributed by atoms with Crippen LogP contribution in [0.2, 0.25) is 0 Å². The maximum atomic E-state index is 14.9. The second-order valence-corrected chi connectivity index (χ2v) is 9.41. The quantitative estimate of drug-likeness (QED) is 0.674. The lowest BCUT2D eigenvalue weighted by molar-refractivity contribution is -0.183. The van der Waals surface area contributed by atoms with E-state index in [1.165, 1.54) is 13.0 Å². The summed E-state index contributed by atoms with van der Waals surface area (Å²) < 4.78 is 62.8. The fourth-order valence-corrected chi connectivity index (χ4v) is 3.21. The van der Waals surface area contributed by atoms with Crippen LogP contribution in [0, 0.1) is 5.82 Å². The lowest BCUT2D eigenvalue weighted by Crippen LogP contribution is -2.60. The number of halogens is 4. The highest BCUT2D eigenvalue weighted by Gasteiger charge is 2.60. The predicted octanol–water partition coefficient (Wildman–Crippen LogP) is 4.05. The Morgan fingerprint density at radius 1 is 1.28 bits per heavy atom. The van der Waals surface area contributed by atoms with E-state index in [0.29, 0.717) is 4.47 Å². The molecule has 9 heteroatoms. The zero-order chi connectivity index (χ0) is 19.6. The number of benzene rings is 1. The molecule has 1 aromatic rings. The number of carbonyl (C=O) groups excluding carboxylic acids is 1. The van der Waals surface area contributed by atoms with Crippen LogP contribution >= 0.6 is 15.9 Å². The highest BCUT2D eigenvalue weighted by atomic mass is 79.9. The van der Waals surface area contributed by atoms with Crippen LogP contribution in [-0.4, -0.2) is 27.5 Å². The second-order valence-electron chi connectivity index (χ2n) is 6.53. The van der Waals surface area contributed by atoms with Crippen molar-refractivity contribution >= 4 is 32.9 Å². The maximum absolute atomic E-state index is 14.9. The third-order valence-corrected chi connectivity index (χ3v) is 5.68. The number of nitrogens with one attached hydrogen (secondary N) is 1. The van der Waals surface area contributed by atoms with Crippen molar-refractivity contribution in [1.82, 2.24) is 4.72 Å². The average Bonchev–Trinajstić information content (AvgIpc) is 2.48. The van der Waals surface area contributed by atoms with Gasteiger partial charge >= 0.3 is 11.9 Å². The molecule has 0 heterocycles. The smallest absolute Gasteiger partial charge is 0.379 e. The van der Waals surface area contributed by atoms with Gasteiger partial charge in [-0.3, -0.25) is 0 Å². The van der Waals surface area contributed by atoms with Crippen molar-refractivity contribution < 1.29 is 26.9 Å². The highest BCUT2D eigenvalue weighted by molar-refractivity contribution is 9.10. The minimum Gasteiger partial charge on any atom is -0.461 e. The van der Waals surface area contributed by atoms with Gasteiger partial charge in [0.1, 0.15) is 11.4 Å². The molecular formula is C16H21BrF3NO3S. The van der Waals surface area contributed by atoms with Crippen molar-refractivity contribution in [3.63, 3.8) is 0 Å². The first-order chi connectivity index (χ1) is 11.3. The monoisotopic (exact) mass is 443 g/mol. The van der Waals surface area contributed by atoms with Crippen LogP contribution in [-0.2, 0) is 26.1 Å². The van der Waals surface area contributed by atoms with Crippen LogP contribution in [0.15, 0.2) is 22.7 Å². The van der Waals surface area contributed by atoms with Gasteiger partial charge in [-0.1, -0.05) is 15.9 Å². The van der Waals surface area contributed by atoms with E-state index in [1.54, 1.807) is 20.8 Å². The van der Waals surface area contributed by atoms with E-state index in [-0.39, 0.29) is 6.61 Å². The predicted molar refractivity (Wildman–Crippen MR) is 94.1 cm³/mol. The molecule has 0 aliphatic rings. The summed E-state index contributed by atoms with van der Waals surface area (Å²) in [6.45, 7) is 6.74. The summed E-state index contributed by atoms with van der Waals surface area (Å²) in [6.07, 6.45) is 0. The topological polar surface area (TPSA) is 55.4 Å². The van der Waals surface area contributed by atoms with Gasteiger partial charge in [-0.25, -0.2) is 18.1 Å². The van der Waals surface area contributed by atoms with Crippen LogP contribution in [0.5, 0.6) is 0 Å². The van der Waals surface area contributed by atoms with Crippen LogP contribution < -0.4 is 4.72 Å². The molecule has 142 valence electrons. The minimum atomic E-state index is -4.18. The van der Waals surface area contributed by atoms with Crippen LogP contribution in [0.3, 0.4) is 0 Å². The standard InChI is InChI=1S/C16H21BrF3NO3S/c1-6-24-13(22)16(19,20)15(5,21-25(23)14(2,3)4)11-9-10(17)7-8-12(11)18/h7-9,21H,6H2,1-5H3. The van der Waals surface area contributed by atoms with E-state index in [9.17, 15) is 22.2 Å². The zero-order valence-corrected chi connectivity index (χ0v) is 17.0. The normalized spacial score (nSPS) is 16.2. The van der Waals surface area contributed by atoms with E-state index < -0.39 is 44.5 Å². The molecule has 2 atom stereocenters. The van der Waals surface area contributed by atoms with Crippen molar-refractivity contribution in [2.75, 3.05) is 6.61 Å². The third-order valence-electron chi connectivity index (χ3n) is 3.48. The van der Waals surface area contributed by atoms with Gasteiger partial charge in [-0.2, -0.15) is 8.78 Å². The van der Waals surface area contributed by atoms with E-state index in [2.05, 4.69) is 25.4 Å². The van der Waals surface area contributed by atoms with Crippen LogP contribution in [0.1, 0.15) is 40.2 Å². The van der Waals surface area contributed by atoms with Gasteiger partial charge in [0.25, 0.3) is 0 Å². The first-order valence-electron chi connectivity index (χ1n) is 7.47. The summed E-state index contributed by atoms with van der Waals surface area (Å²) in [6, 6.07) is 3.44. The Bertz CT molecular complexity index is 679. The maximum Gasteiger partial charge on any atom is 0.379 e. The molecule has 0 aromatic heterocycles. The molecular weight excluding hydrogens is 423 g/mol. The molecule has 0 bridgehead atoms. The SMILES string of the molecule is CCOC(=O)C(F)(F)C(C)(NS(=O)C(C)(C)C)c1cc(Br)ccc1F. The Morgan fingerprint density at radius 3 is 2.32 bits per heavy atom. The molecule has 1 N–H and O–H groups in total. The summed E-state index contributed by atoms with van der Waals surface area (Å²) in [5, 5.41) is 0. The fraction of sp³-hybridized carbons (Fsp3) is 0.562. The molecule has 4 nitrogen and oxygen atoms in total. The number of hydrogen-bond acceptors (Lipinski definition) is 3. The summed E-state index contributed by atoms with van der Waals surface area (Å²) in [4.78, 5) is 11.9. The van der Waals surface area contributed by atoms with E-state index in [0.717, 1.165) is 19.1 Å². The summed E-state index contributed by atoms with van der Waals surface area (Å²) in [5.74, 6) is -6.96. The molecule has 25 heavy (non-hydrogen) atoms. The molecule has 0 radical (unpaired) electrons. The van der Waals surface area contributed by atoms with Crippen molar-refractivity contribution in [2.45, 2.75) is 50.8 Å². The van der Waals surface area contributed by atoms with E-state index in [4.69, 9.17) is 0 Å². The number of ether oxygens (including phenoxy) is 1. The molecule has 0 amide bonds. The molecule has 0 saturated heterocycles. The van der Waals surface area contributed by atoms with Gasteiger partial charge in [-0.05, 0) is 52.8 Å². The Hall–Kier alpha value is -0.930. The molecule has 0 aliphatic carbocycles. The molecule has 0 spiro atoms. The zero-order valence-electron chi connectivity index (χ0n) is 14.6. The summed E-state index contributed by atoms with van der Waals surface area (Å²) >= 11 is 3.10. The lowest BCUT2D eigenvalue weighted by Gasteiger charge is -2.38. The average molecular weight is 444 g/mol. The van der Waals surface area contributed by atoms with Crippen molar-refractivity contribution in [1.29, 1.82) is 0 Å². The highest BCUT2D eigenvalue weighted by Crippen LogP contribution is 2.41.